The number of hydrogen-bond donors (Lipinski definition) is 0. The topological polar surface area (TPSA) is 38.7 Å². The molecule has 1 aliphatic rings. The predicted octanol–water partition coefficient (Wildman–Crippen LogP) is 1.13. The minimum atomic E-state index is -0.364. The van der Waals surface area contributed by atoms with Gasteiger partial charge < -0.3 is 4.74 Å². The zero-order valence-electron chi connectivity index (χ0n) is 6.69. The molecular weight excluding hydrogens is 174 g/mol. The molecule has 1 rings (SSSR count). The second-order valence-electron chi connectivity index (χ2n) is 2.25. The summed E-state index contributed by atoms with van der Waals surface area (Å²) < 4.78 is 4.79. The lowest BCUT2D eigenvalue weighted by Crippen LogP contribution is -2.19. The normalized spacial score (nSPS) is 21.1. The molecular formula is C8H9NO2S. The number of dihydropyridines is 1. The highest BCUT2D eigenvalue weighted by molar-refractivity contribution is 7.80. The van der Waals surface area contributed by atoms with Crippen LogP contribution in [0.3, 0.4) is 0 Å². The van der Waals surface area contributed by atoms with Gasteiger partial charge in [0, 0.05) is 6.21 Å². The summed E-state index contributed by atoms with van der Waals surface area (Å²) in [5.74, 6) is -0.642. The quantitative estimate of drug-likeness (QED) is 0.476. The Kier molecular flexibility index (Phi) is 3.10. The molecule has 64 valence electrons. The molecule has 0 aliphatic carbocycles. The molecule has 1 unspecified atom stereocenters. The molecule has 0 spiro atoms. The third kappa shape index (κ3) is 2.23. The van der Waals surface area contributed by atoms with E-state index in [0.29, 0.717) is 11.6 Å². The summed E-state index contributed by atoms with van der Waals surface area (Å²) in [5, 5.41) is 0. The molecule has 0 saturated heterocycles. The number of carbonyl (C=O) groups is 1. The highest BCUT2D eigenvalue weighted by Gasteiger charge is 2.16. The molecule has 0 aromatic carbocycles. The van der Waals surface area contributed by atoms with Gasteiger partial charge in [-0.05, 0) is 13.0 Å². The molecule has 1 aliphatic heterocycles. The Labute approximate surface area is 76.1 Å². The fraction of sp³-hybridized carbons (Fsp3) is 0.375. The van der Waals surface area contributed by atoms with Crippen molar-refractivity contribution in [2.24, 2.45) is 10.9 Å². The Morgan fingerprint density at radius 1 is 1.83 bits per heavy atom. The van der Waals surface area contributed by atoms with E-state index in [1.807, 2.05) is 0 Å². The number of carbonyl (C=O) groups excluding carboxylic acids is 1. The van der Waals surface area contributed by atoms with E-state index in [1.54, 1.807) is 19.1 Å². The zero-order chi connectivity index (χ0) is 8.97. The number of rotatable bonds is 2. The average molecular weight is 183 g/mol. The molecule has 0 radical (unpaired) electrons. The second-order valence-corrected chi connectivity index (χ2v) is 2.67. The van der Waals surface area contributed by atoms with Crippen molar-refractivity contribution in [3.05, 3.63) is 12.2 Å². The molecule has 0 aromatic heterocycles. The van der Waals surface area contributed by atoms with E-state index in [1.165, 1.54) is 6.21 Å². The van der Waals surface area contributed by atoms with E-state index >= 15 is 0 Å². The smallest absolute Gasteiger partial charge is 0.318 e. The molecule has 0 bridgehead atoms. The summed E-state index contributed by atoms with van der Waals surface area (Å²) in [6.07, 6.45) is 4.82. The molecule has 3 nitrogen and oxygen atoms in total. The summed E-state index contributed by atoms with van der Waals surface area (Å²) in [7, 11) is 0. The standard InChI is InChI=1S/C8H9NO2S/c1-2-11-8(10)6-3-4-7(12)9-5-6/h3-6H,2H2,1H3. The van der Waals surface area contributed by atoms with Gasteiger partial charge in [0.25, 0.3) is 0 Å². The van der Waals surface area contributed by atoms with E-state index in [4.69, 9.17) is 17.0 Å². The summed E-state index contributed by atoms with van der Waals surface area (Å²) in [6.45, 7) is 2.16. The maximum absolute atomic E-state index is 11.1. The predicted molar refractivity (Wildman–Crippen MR) is 50.4 cm³/mol. The summed E-state index contributed by atoms with van der Waals surface area (Å²) >= 11 is 4.77. The minimum Gasteiger partial charge on any atom is -0.465 e. The van der Waals surface area contributed by atoms with E-state index in [-0.39, 0.29) is 11.9 Å². The van der Waals surface area contributed by atoms with E-state index in [2.05, 4.69) is 4.99 Å². The fourth-order valence-electron chi connectivity index (χ4n) is 0.810. The van der Waals surface area contributed by atoms with Gasteiger partial charge in [-0.2, -0.15) is 0 Å². The summed E-state index contributed by atoms with van der Waals surface area (Å²) in [4.78, 5) is 15.4. The van der Waals surface area contributed by atoms with Crippen LogP contribution < -0.4 is 0 Å². The number of ether oxygens (including phenoxy) is 1. The van der Waals surface area contributed by atoms with Crippen molar-refractivity contribution in [1.29, 1.82) is 0 Å². The van der Waals surface area contributed by atoms with Crippen molar-refractivity contribution in [3.63, 3.8) is 0 Å². The van der Waals surface area contributed by atoms with Crippen molar-refractivity contribution >= 4 is 29.4 Å². The third-order valence-electron chi connectivity index (χ3n) is 1.37. The molecule has 4 heteroatoms. The summed E-state index contributed by atoms with van der Waals surface area (Å²) in [5.41, 5.74) is 0. The minimum absolute atomic E-state index is 0.278. The molecule has 0 amide bonds. The first-order valence-corrected chi connectivity index (χ1v) is 4.08. The molecule has 1 atom stereocenters. The van der Waals surface area contributed by atoms with Crippen molar-refractivity contribution in [2.45, 2.75) is 6.92 Å². The van der Waals surface area contributed by atoms with Gasteiger partial charge in [-0.3, -0.25) is 4.79 Å². The highest BCUT2D eigenvalue weighted by atomic mass is 32.1. The van der Waals surface area contributed by atoms with Crippen LogP contribution >= 0.6 is 12.2 Å². The number of nitrogens with zero attached hydrogens (tertiary/aromatic N) is 1. The molecule has 12 heavy (non-hydrogen) atoms. The largest absolute Gasteiger partial charge is 0.465 e. The van der Waals surface area contributed by atoms with E-state index < -0.39 is 0 Å². The third-order valence-corrected chi connectivity index (χ3v) is 1.61. The van der Waals surface area contributed by atoms with Gasteiger partial charge in [0.2, 0.25) is 0 Å². The molecule has 0 N–H and O–H groups in total. The lowest BCUT2D eigenvalue weighted by molar-refractivity contribution is -0.144. The molecule has 0 aromatic rings. The van der Waals surface area contributed by atoms with E-state index in [9.17, 15) is 4.79 Å². The van der Waals surface area contributed by atoms with Crippen molar-refractivity contribution in [3.8, 4) is 0 Å². The van der Waals surface area contributed by atoms with Crippen LogP contribution in [-0.2, 0) is 9.53 Å². The Morgan fingerprint density at radius 2 is 2.58 bits per heavy atom. The fourth-order valence-corrected chi connectivity index (χ4v) is 0.950. The second kappa shape index (κ2) is 4.11. The van der Waals surface area contributed by atoms with Crippen molar-refractivity contribution < 1.29 is 9.53 Å². The van der Waals surface area contributed by atoms with Crippen molar-refractivity contribution in [2.75, 3.05) is 6.61 Å². The number of hydrogen-bond acceptors (Lipinski definition) is 3. The van der Waals surface area contributed by atoms with Crippen LogP contribution in [0.5, 0.6) is 0 Å². The first-order valence-electron chi connectivity index (χ1n) is 3.67. The Hall–Kier alpha value is -1.03. The van der Waals surface area contributed by atoms with Crippen LogP contribution in [0.2, 0.25) is 0 Å². The number of thiocarbonyl (C=S) groups is 1. The molecule has 0 saturated carbocycles. The van der Waals surface area contributed by atoms with Crippen LogP contribution in [-0.4, -0.2) is 23.8 Å². The van der Waals surface area contributed by atoms with Gasteiger partial charge >= 0.3 is 5.97 Å². The van der Waals surface area contributed by atoms with Gasteiger partial charge in [0.15, 0.2) is 0 Å². The van der Waals surface area contributed by atoms with Crippen LogP contribution in [0.1, 0.15) is 6.92 Å². The zero-order valence-corrected chi connectivity index (χ0v) is 7.50. The lowest BCUT2D eigenvalue weighted by Gasteiger charge is -2.08. The Morgan fingerprint density at radius 3 is 3.08 bits per heavy atom. The van der Waals surface area contributed by atoms with Gasteiger partial charge in [-0.25, -0.2) is 4.99 Å². The van der Waals surface area contributed by atoms with Crippen molar-refractivity contribution in [1.82, 2.24) is 0 Å². The Bertz CT molecular complexity index is 242. The Balaban J connectivity index is 2.55. The van der Waals surface area contributed by atoms with Crippen LogP contribution in [0.4, 0.5) is 0 Å². The van der Waals surface area contributed by atoms with Crippen LogP contribution in [0.15, 0.2) is 17.1 Å². The van der Waals surface area contributed by atoms with E-state index in [0.717, 1.165) is 0 Å². The average Bonchev–Trinajstić information content (AvgIpc) is 2.06. The number of esters is 1. The lowest BCUT2D eigenvalue weighted by atomic mass is 10.1. The van der Waals surface area contributed by atoms with Crippen LogP contribution in [0, 0.1) is 5.92 Å². The first-order chi connectivity index (χ1) is 5.74. The van der Waals surface area contributed by atoms with Gasteiger partial charge in [0.05, 0.1) is 6.61 Å². The van der Waals surface area contributed by atoms with Gasteiger partial charge in [-0.1, -0.05) is 18.3 Å². The first kappa shape index (κ1) is 9.06. The maximum atomic E-state index is 11.1. The van der Waals surface area contributed by atoms with Gasteiger partial charge in [0.1, 0.15) is 10.9 Å². The summed E-state index contributed by atoms with van der Waals surface area (Å²) in [6, 6.07) is 0. The van der Waals surface area contributed by atoms with Crippen LogP contribution in [0.25, 0.3) is 0 Å². The number of aliphatic imine (C=N–C) groups is 1. The molecule has 1 heterocycles. The molecule has 0 fully saturated rings. The SMILES string of the molecule is CCOC(=O)C1C=CC(=S)N=C1. The highest BCUT2D eigenvalue weighted by Crippen LogP contribution is 2.05. The monoisotopic (exact) mass is 183 g/mol. The maximum Gasteiger partial charge on any atom is 0.318 e. The van der Waals surface area contributed by atoms with Gasteiger partial charge in [-0.15, -0.1) is 0 Å².